The number of hydrogen-bond acceptors (Lipinski definition) is 2. The molecular weight excluding hydrogens is 219 g/mol. The van der Waals surface area contributed by atoms with Crippen molar-refractivity contribution in [1.82, 2.24) is 4.72 Å². The third-order valence-electron chi connectivity index (χ3n) is 1.42. The van der Waals surface area contributed by atoms with Crippen LogP contribution in [0, 0.1) is 6.42 Å². The first-order valence-corrected chi connectivity index (χ1v) is 5.10. The summed E-state index contributed by atoms with van der Waals surface area (Å²) in [6.07, 6.45) is 6.24. The van der Waals surface area contributed by atoms with E-state index in [1.54, 1.807) is 12.5 Å². The molecule has 0 heterocycles. The van der Waals surface area contributed by atoms with Crippen molar-refractivity contribution in [2.24, 2.45) is 0 Å². The molecule has 0 aliphatic heterocycles. The summed E-state index contributed by atoms with van der Waals surface area (Å²) in [5, 5.41) is 0. The standard InChI is InChI=1S/C7H7F3NO2S/c8-7(9,10)14(12,13)11-6-4-2-1-3-5-6/h2-5,11H,1H2. The SMILES string of the molecule is O=S(=O)(NC1=C[CH]CC=C1)C(F)(F)F. The van der Waals surface area contributed by atoms with E-state index in [2.05, 4.69) is 0 Å². The van der Waals surface area contributed by atoms with Gasteiger partial charge in [0.25, 0.3) is 0 Å². The summed E-state index contributed by atoms with van der Waals surface area (Å²) >= 11 is 0. The van der Waals surface area contributed by atoms with Gasteiger partial charge < -0.3 is 0 Å². The van der Waals surface area contributed by atoms with Crippen molar-refractivity contribution in [2.75, 3.05) is 0 Å². The lowest BCUT2D eigenvalue weighted by Crippen LogP contribution is -2.35. The maximum atomic E-state index is 11.9. The number of rotatable bonds is 2. The average Bonchev–Trinajstić information content (AvgIpc) is 2.03. The molecule has 0 saturated carbocycles. The smallest absolute Gasteiger partial charge is 0.276 e. The van der Waals surface area contributed by atoms with Crippen molar-refractivity contribution in [3.05, 3.63) is 30.3 Å². The van der Waals surface area contributed by atoms with Crippen LogP contribution in [0.5, 0.6) is 0 Å². The molecule has 0 bridgehead atoms. The monoisotopic (exact) mass is 226 g/mol. The Labute approximate surface area is 79.4 Å². The lowest BCUT2D eigenvalue weighted by molar-refractivity contribution is -0.0444. The van der Waals surface area contributed by atoms with Crippen molar-refractivity contribution in [1.29, 1.82) is 0 Å². The van der Waals surface area contributed by atoms with Crippen LogP contribution in [-0.4, -0.2) is 13.9 Å². The Hall–Kier alpha value is -0.980. The highest BCUT2D eigenvalue weighted by molar-refractivity contribution is 7.90. The minimum atomic E-state index is -5.29. The Morgan fingerprint density at radius 2 is 2.00 bits per heavy atom. The van der Waals surface area contributed by atoms with Gasteiger partial charge in [0.1, 0.15) is 0 Å². The zero-order valence-corrected chi connectivity index (χ0v) is 7.69. The maximum absolute atomic E-state index is 11.9. The highest BCUT2D eigenvalue weighted by Crippen LogP contribution is 2.23. The molecule has 0 aromatic heterocycles. The van der Waals surface area contributed by atoms with E-state index in [-0.39, 0.29) is 5.70 Å². The van der Waals surface area contributed by atoms with E-state index in [0.717, 1.165) is 0 Å². The van der Waals surface area contributed by atoms with E-state index in [9.17, 15) is 21.6 Å². The third-order valence-corrected chi connectivity index (χ3v) is 2.54. The molecule has 1 aliphatic rings. The molecule has 0 aromatic rings. The molecule has 0 atom stereocenters. The second kappa shape index (κ2) is 3.64. The molecule has 0 unspecified atom stereocenters. The number of hydrogen-bond donors (Lipinski definition) is 1. The molecule has 0 fully saturated rings. The first-order chi connectivity index (χ1) is 6.33. The van der Waals surface area contributed by atoms with Gasteiger partial charge in [-0.15, -0.1) is 0 Å². The Kier molecular flexibility index (Phi) is 2.89. The van der Waals surface area contributed by atoms with E-state index in [4.69, 9.17) is 0 Å². The molecule has 1 N–H and O–H groups in total. The molecule has 1 aliphatic carbocycles. The highest BCUT2D eigenvalue weighted by atomic mass is 32.2. The van der Waals surface area contributed by atoms with Crippen LogP contribution in [0.1, 0.15) is 6.42 Å². The third kappa shape index (κ3) is 2.50. The Morgan fingerprint density at radius 1 is 1.36 bits per heavy atom. The van der Waals surface area contributed by atoms with Gasteiger partial charge in [-0.2, -0.15) is 21.6 Å². The maximum Gasteiger partial charge on any atom is 0.516 e. The second-order valence-electron chi connectivity index (χ2n) is 2.55. The molecule has 0 saturated heterocycles. The van der Waals surface area contributed by atoms with Crippen molar-refractivity contribution >= 4 is 10.0 Å². The second-order valence-corrected chi connectivity index (χ2v) is 4.22. The zero-order valence-electron chi connectivity index (χ0n) is 6.88. The summed E-state index contributed by atoms with van der Waals surface area (Å²) < 4.78 is 58.2. The molecule has 3 nitrogen and oxygen atoms in total. The molecule has 1 radical (unpaired) electrons. The molecule has 79 valence electrons. The number of sulfonamides is 1. The van der Waals surface area contributed by atoms with Crippen LogP contribution in [0.3, 0.4) is 0 Å². The minimum absolute atomic E-state index is 0.0893. The minimum Gasteiger partial charge on any atom is -0.276 e. The summed E-state index contributed by atoms with van der Waals surface area (Å²) in [5.74, 6) is 0. The van der Waals surface area contributed by atoms with E-state index < -0.39 is 15.5 Å². The summed E-state index contributed by atoms with van der Waals surface area (Å²) in [4.78, 5) is 0. The van der Waals surface area contributed by atoms with Crippen LogP contribution in [0.25, 0.3) is 0 Å². The summed E-state index contributed by atoms with van der Waals surface area (Å²) in [6.45, 7) is 0. The summed E-state index contributed by atoms with van der Waals surface area (Å²) in [7, 11) is -5.29. The van der Waals surface area contributed by atoms with Crippen LogP contribution in [0.2, 0.25) is 0 Å². The molecule has 0 amide bonds. The van der Waals surface area contributed by atoms with Crippen molar-refractivity contribution in [3.8, 4) is 0 Å². The van der Waals surface area contributed by atoms with Crippen molar-refractivity contribution in [2.45, 2.75) is 11.9 Å². The topological polar surface area (TPSA) is 46.2 Å². The van der Waals surface area contributed by atoms with Gasteiger partial charge in [0.2, 0.25) is 0 Å². The van der Waals surface area contributed by atoms with E-state index >= 15 is 0 Å². The lowest BCUT2D eigenvalue weighted by atomic mass is 10.2. The van der Waals surface area contributed by atoms with Crippen LogP contribution < -0.4 is 4.72 Å². The van der Waals surface area contributed by atoms with E-state index in [1.165, 1.54) is 16.9 Å². The number of alkyl halides is 3. The largest absolute Gasteiger partial charge is 0.516 e. The van der Waals surface area contributed by atoms with Gasteiger partial charge in [-0.25, -0.2) is 0 Å². The highest BCUT2D eigenvalue weighted by Gasteiger charge is 2.46. The Balaban J connectivity index is 2.79. The normalized spacial score (nSPS) is 17.8. The fourth-order valence-electron chi connectivity index (χ4n) is 0.805. The Morgan fingerprint density at radius 3 is 2.43 bits per heavy atom. The molecule has 0 aromatic carbocycles. The van der Waals surface area contributed by atoms with Crippen LogP contribution in [0.15, 0.2) is 23.9 Å². The predicted molar refractivity (Wildman–Crippen MR) is 44.3 cm³/mol. The summed E-state index contributed by atoms with van der Waals surface area (Å²) in [5.41, 5.74) is -5.37. The molecular formula is C7H7F3NO2S. The first kappa shape index (κ1) is 11.1. The molecule has 7 heteroatoms. The van der Waals surface area contributed by atoms with Gasteiger partial charge in [-0.3, -0.25) is 4.72 Å². The van der Waals surface area contributed by atoms with Gasteiger partial charge in [0.15, 0.2) is 0 Å². The first-order valence-electron chi connectivity index (χ1n) is 3.62. The summed E-state index contributed by atoms with van der Waals surface area (Å²) in [6, 6.07) is 0. The van der Waals surface area contributed by atoms with Gasteiger partial charge in [-0.05, 0) is 18.9 Å². The van der Waals surface area contributed by atoms with Gasteiger partial charge in [-0.1, -0.05) is 12.2 Å². The fourth-order valence-corrected chi connectivity index (χ4v) is 1.37. The predicted octanol–water partition coefficient (Wildman–Crippen LogP) is 1.47. The number of nitrogens with one attached hydrogen (secondary N) is 1. The van der Waals surface area contributed by atoms with Gasteiger partial charge >= 0.3 is 15.5 Å². The average molecular weight is 226 g/mol. The lowest BCUT2D eigenvalue weighted by Gasteiger charge is -2.12. The fraction of sp³-hybridized carbons (Fsp3) is 0.286. The van der Waals surface area contributed by atoms with E-state index in [1.807, 2.05) is 0 Å². The van der Waals surface area contributed by atoms with Gasteiger partial charge in [0.05, 0.1) is 0 Å². The Bertz CT molecular complexity index is 367. The zero-order chi connectivity index (χ0) is 10.8. The molecule has 0 spiro atoms. The van der Waals surface area contributed by atoms with Gasteiger partial charge in [0, 0.05) is 5.70 Å². The van der Waals surface area contributed by atoms with E-state index in [0.29, 0.717) is 6.42 Å². The van der Waals surface area contributed by atoms with Crippen molar-refractivity contribution in [3.63, 3.8) is 0 Å². The molecule has 1 rings (SSSR count). The number of allylic oxidation sites excluding steroid dienone is 3. The van der Waals surface area contributed by atoms with Crippen LogP contribution >= 0.6 is 0 Å². The van der Waals surface area contributed by atoms with Crippen LogP contribution in [0.4, 0.5) is 13.2 Å². The van der Waals surface area contributed by atoms with Crippen molar-refractivity contribution < 1.29 is 21.6 Å². The van der Waals surface area contributed by atoms with Crippen LogP contribution in [-0.2, 0) is 10.0 Å². The number of halogens is 3. The molecule has 14 heavy (non-hydrogen) atoms. The quantitative estimate of drug-likeness (QED) is 0.775.